The van der Waals surface area contributed by atoms with Crippen molar-refractivity contribution in [3.8, 4) is 11.3 Å². The maximum Gasteiger partial charge on any atom is 0.272 e. The summed E-state index contributed by atoms with van der Waals surface area (Å²) >= 11 is 0. The molecule has 1 aliphatic heterocycles. The SMILES string of the molecule is O=C(NCCOC1CN(C(=O)c2cccc(-c3ccn[nH]3)c2)C1)c1n[nH]c(=O)c2ccccc12. The molecule has 2 amide bonds. The lowest BCUT2D eigenvalue weighted by Gasteiger charge is -2.39. The molecule has 0 saturated carbocycles. The normalized spacial score (nSPS) is 13.6. The van der Waals surface area contributed by atoms with Crippen LogP contribution in [0, 0.1) is 0 Å². The Bertz CT molecular complexity index is 1390. The summed E-state index contributed by atoms with van der Waals surface area (Å²) in [5.74, 6) is -0.441. The number of hydrogen-bond donors (Lipinski definition) is 3. The Morgan fingerprint density at radius 1 is 1.06 bits per heavy atom. The summed E-state index contributed by atoms with van der Waals surface area (Å²) in [4.78, 5) is 38.8. The Morgan fingerprint density at radius 3 is 2.68 bits per heavy atom. The van der Waals surface area contributed by atoms with Crippen LogP contribution in [0.2, 0.25) is 0 Å². The van der Waals surface area contributed by atoms with Gasteiger partial charge in [0.15, 0.2) is 5.69 Å². The molecular weight excluding hydrogens is 436 g/mol. The molecule has 3 heterocycles. The van der Waals surface area contributed by atoms with Gasteiger partial charge in [-0.3, -0.25) is 19.5 Å². The molecule has 0 aliphatic carbocycles. The van der Waals surface area contributed by atoms with E-state index >= 15 is 0 Å². The van der Waals surface area contributed by atoms with Gasteiger partial charge in [-0.2, -0.15) is 10.2 Å². The summed E-state index contributed by atoms with van der Waals surface area (Å²) in [5.41, 5.74) is 2.18. The van der Waals surface area contributed by atoms with E-state index < -0.39 is 5.91 Å². The molecule has 0 radical (unpaired) electrons. The van der Waals surface area contributed by atoms with E-state index in [9.17, 15) is 14.4 Å². The van der Waals surface area contributed by atoms with Gasteiger partial charge in [0.05, 0.1) is 23.8 Å². The molecule has 10 heteroatoms. The van der Waals surface area contributed by atoms with Gasteiger partial charge in [0.1, 0.15) is 0 Å². The first-order chi connectivity index (χ1) is 16.6. The van der Waals surface area contributed by atoms with E-state index in [1.165, 1.54) is 0 Å². The van der Waals surface area contributed by atoms with Crippen molar-refractivity contribution in [1.29, 1.82) is 0 Å². The smallest absolute Gasteiger partial charge is 0.272 e. The number of aromatic nitrogens is 4. The molecule has 0 bridgehead atoms. The van der Waals surface area contributed by atoms with Crippen LogP contribution in [-0.2, 0) is 4.74 Å². The number of nitrogens with zero attached hydrogens (tertiary/aromatic N) is 3. The van der Waals surface area contributed by atoms with Gasteiger partial charge in [-0.05, 0) is 24.3 Å². The van der Waals surface area contributed by atoms with Crippen molar-refractivity contribution in [3.05, 3.63) is 82.4 Å². The topological polar surface area (TPSA) is 133 Å². The molecule has 0 spiro atoms. The van der Waals surface area contributed by atoms with E-state index in [0.29, 0.717) is 36.0 Å². The molecule has 10 nitrogen and oxygen atoms in total. The minimum absolute atomic E-state index is 0.0504. The number of benzene rings is 2. The van der Waals surface area contributed by atoms with Crippen LogP contribution < -0.4 is 10.9 Å². The average Bonchev–Trinajstić information content (AvgIpc) is 3.38. The van der Waals surface area contributed by atoms with Crippen LogP contribution in [0.5, 0.6) is 0 Å². The van der Waals surface area contributed by atoms with Crippen LogP contribution in [0.4, 0.5) is 0 Å². The number of H-pyrrole nitrogens is 2. The van der Waals surface area contributed by atoms with Gasteiger partial charge >= 0.3 is 0 Å². The Labute approximate surface area is 193 Å². The predicted molar refractivity (Wildman–Crippen MR) is 124 cm³/mol. The third-order valence-corrected chi connectivity index (χ3v) is 5.71. The van der Waals surface area contributed by atoms with Gasteiger partial charge in [0.2, 0.25) is 0 Å². The minimum atomic E-state index is -0.390. The van der Waals surface area contributed by atoms with Crippen LogP contribution in [0.15, 0.2) is 65.6 Å². The molecule has 4 aromatic rings. The monoisotopic (exact) mass is 458 g/mol. The second-order valence-corrected chi connectivity index (χ2v) is 7.96. The molecule has 0 atom stereocenters. The first-order valence-corrected chi connectivity index (χ1v) is 10.9. The molecule has 34 heavy (non-hydrogen) atoms. The highest BCUT2D eigenvalue weighted by Crippen LogP contribution is 2.21. The number of aromatic amines is 2. The highest BCUT2D eigenvalue weighted by molar-refractivity contribution is 6.04. The van der Waals surface area contributed by atoms with E-state index in [4.69, 9.17) is 4.74 Å². The van der Waals surface area contributed by atoms with Gasteiger partial charge in [-0.1, -0.05) is 30.3 Å². The van der Waals surface area contributed by atoms with Crippen molar-refractivity contribution in [2.24, 2.45) is 0 Å². The quantitative estimate of drug-likeness (QED) is 0.360. The van der Waals surface area contributed by atoms with Crippen molar-refractivity contribution in [1.82, 2.24) is 30.6 Å². The van der Waals surface area contributed by atoms with Crippen molar-refractivity contribution in [2.45, 2.75) is 6.10 Å². The number of amides is 2. The Balaban J connectivity index is 1.09. The number of carbonyl (C=O) groups excluding carboxylic acids is 2. The summed E-state index contributed by atoms with van der Waals surface area (Å²) in [6, 6.07) is 16.1. The van der Waals surface area contributed by atoms with E-state index in [0.717, 1.165) is 11.3 Å². The first kappa shape index (κ1) is 21.5. The number of likely N-dealkylation sites (tertiary alicyclic amines) is 1. The second kappa shape index (κ2) is 9.28. The number of nitrogens with one attached hydrogen (secondary N) is 3. The zero-order valence-electron chi connectivity index (χ0n) is 18.2. The van der Waals surface area contributed by atoms with Crippen molar-refractivity contribution in [2.75, 3.05) is 26.2 Å². The minimum Gasteiger partial charge on any atom is -0.373 e. The van der Waals surface area contributed by atoms with Gasteiger partial charge in [-0.25, -0.2) is 5.10 Å². The number of rotatable bonds is 7. The van der Waals surface area contributed by atoms with Crippen molar-refractivity contribution < 1.29 is 14.3 Å². The van der Waals surface area contributed by atoms with Gasteiger partial charge in [0, 0.05) is 42.3 Å². The zero-order valence-corrected chi connectivity index (χ0v) is 18.2. The second-order valence-electron chi connectivity index (χ2n) is 7.96. The molecule has 1 saturated heterocycles. The van der Waals surface area contributed by atoms with Crippen LogP contribution in [0.25, 0.3) is 22.0 Å². The molecule has 1 fully saturated rings. The van der Waals surface area contributed by atoms with Crippen LogP contribution in [-0.4, -0.2) is 69.5 Å². The number of fused-ring (bicyclic) bond motifs is 1. The lowest BCUT2D eigenvalue weighted by molar-refractivity contribution is -0.0407. The maximum atomic E-state index is 12.8. The summed E-state index contributed by atoms with van der Waals surface area (Å²) in [7, 11) is 0. The molecule has 0 unspecified atom stereocenters. The summed E-state index contributed by atoms with van der Waals surface area (Å²) in [5, 5.41) is 16.7. The predicted octanol–water partition coefficient (Wildman–Crippen LogP) is 1.58. The molecule has 1 aliphatic rings. The molecular formula is C24H22N6O4. The van der Waals surface area contributed by atoms with E-state index in [1.54, 1.807) is 41.4 Å². The molecule has 172 valence electrons. The van der Waals surface area contributed by atoms with E-state index in [2.05, 4.69) is 25.7 Å². The maximum absolute atomic E-state index is 12.8. The van der Waals surface area contributed by atoms with Crippen molar-refractivity contribution >= 4 is 22.6 Å². The third kappa shape index (κ3) is 4.30. The average molecular weight is 458 g/mol. The fraction of sp³-hybridized carbons (Fsp3) is 0.208. The number of ether oxygens (including phenoxy) is 1. The van der Waals surface area contributed by atoms with Crippen molar-refractivity contribution in [3.63, 3.8) is 0 Å². The number of hydrogen-bond acceptors (Lipinski definition) is 6. The zero-order chi connectivity index (χ0) is 23.5. The molecule has 5 rings (SSSR count). The molecule has 2 aromatic heterocycles. The first-order valence-electron chi connectivity index (χ1n) is 10.9. The van der Waals surface area contributed by atoms with Gasteiger partial charge in [-0.15, -0.1) is 0 Å². The van der Waals surface area contributed by atoms with Crippen LogP contribution >= 0.6 is 0 Å². The fourth-order valence-corrected chi connectivity index (χ4v) is 3.89. The largest absolute Gasteiger partial charge is 0.373 e. The highest BCUT2D eigenvalue weighted by atomic mass is 16.5. The lowest BCUT2D eigenvalue weighted by Crippen LogP contribution is -2.55. The van der Waals surface area contributed by atoms with E-state index in [-0.39, 0.29) is 29.8 Å². The summed E-state index contributed by atoms with van der Waals surface area (Å²) in [6.07, 6.45) is 1.59. The standard InChI is InChI=1S/C24H22N6O4/c31-22-19-7-2-1-6-18(19)21(28-29-22)23(32)25-10-11-34-17-13-30(14-17)24(33)16-5-3-4-15(12-16)20-8-9-26-27-20/h1-9,12,17H,10-11,13-14H2,(H,25,32)(H,26,27)(H,29,31). The van der Waals surface area contributed by atoms with Crippen LogP contribution in [0.3, 0.4) is 0 Å². The Hall–Kier alpha value is -4.31. The summed E-state index contributed by atoms with van der Waals surface area (Å²) in [6.45, 7) is 1.57. The molecule has 2 aromatic carbocycles. The summed E-state index contributed by atoms with van der Waals surface area (Å²) < 4.78 is 5.77. The van der Waals surface area contributed by atoms with Gasteiger partial charge in [0.25, 0.3) is 17.4 Å². The Kier molecular flexibility index (Phi) is 5.88. The third-order valence-electron chi connectivity index (χ3n) is 5.71. The number of carbonyl (C=O) groups is 2. The van der Waals surface area contributed by atoms with Crippen LogP contribution in [0.1, 0.15) is 20.8 Å². The highest BCUT2D eigenvalue weighted by Gasteiger charge is 2.32. The van der Waals surface area contributed by atoms with E-state index in [1.807, 2.05) is 24.3 Å². The van der Waals surface area contributed by atoms with Gasteiger partial charge < -0.3 is 15.0 Å². The Morgan fingerprint density at radius 2 is 1.88 bits per heavy atom. The lowest BCUT2D eigenvalue weighted by atomic mass is 10.0. The fourth-order valence-electron chi connectivity index (χ4n) is 3.89. The molecule has 3 N–H and O–H groups in total.